The van der Waals surface area contributed by atoms with E-state index in [9.17, 15) is 0 Å². The number of hydroxylamine groups is 1. The summed E-state index contributed by atoms with van der Waals surface area (Å²) >= 11 is 40.0. The highest BCUT2D eigenvalue weighted by Gasteiger charge is 2.19. The Balaban J connectivity index is 2.22. The van der Waals surface area contributed by atoms with E-state index >= 15 is 0 Å². The molecule has 0 aliphatic rings. The van der Waals surface area contributed by atoms with Crippen LogP contribution in [0.2, 0.25) is 10.0 Å². The van der Waals surface area contributed by atoms with Crippen LogP contribution in [0, 0.1) is 0 Å². The third kappa shape index (κ3) is 13.7. The van der Waals surface area contributed by atoms with E-state index in [0.717, 1.165) is 12.8 Å². The predicted molar refractivity (Wildman–Crippen MR) is 121 cm³/mol. The molecule has 0 unspecified atom stereocenters. The zero-order valence-electron chi connectivity index (χ0n) is 14.9. The Bertz CT molecular complexity index is 653. The number of rotatable bonds is 13. The van der Waals surface area contributed by atoms with Crippen LogP contribution in [0.5, 0.6) is 11.5 Å². The second-order valence-corrected chi connectivity index (χ2v) is 9.61. The van der Waals surface area contributed by atoms with Crippen molar-refractivity contribution in [1.29, 1.82) is 0 Å². The third-order valence-corrected chi connectivity index (χ3v) is 4.11. The number of nitrogens with one attached hydrogen (secondary N) is 1. The van der Waals surface area contributed by atoms with E-state index in [0.29, 0.717) is 34.8 Å². The zero-order chi connectivity index (χ0) is 21.7. The Hall–Kier alpha value is -0.110. The fourth-order valence-corrected chi connectivity index (χ4v) is 2.60. The van der Waals surface area contributed by atoms with Crippen molar-refractivity contribution in [2.45, 2.75) is 16.6 Å². The van der Waals surface area contributed by atoms with Gasteiger partial charge in [-0.25, -0.2) is 0 Å². The first-order valence-electron chi connectivity index (χ1n) is 8.15. The van der Waals surface area contributed by atoms with Crippen molar-refractivity contribution < 1.29 is 19.0 Å². The summed E-state index contributed by atoms with van der Waals surface area (Å²) in [5, 5.41) is 0.683. The highest BCUT2D eigenvalue weighted by atomic mass is 35.6. The molecule has 0 atom stereocenters. The van der Waals surface area contributed by atoms with Gasteiger partial charge in [0.1, 0.15) is 29.7 Å². The second-order valence-electron chi connectivity index (χ2n) is 5.27. The SMILES string of the molecule is ClC(Cl)=CCOc1cc(Cl)c(OCCCCOC=CNOCC(Cl)(Cl)Cl)c(Cl)c1. The van der Waals surface area contributed by atoms with Crippen LogP contribution in [-0.4, -0.2) is 30.2 Å². The number of unbranched alkanes of at least 4 members (excludes halogenated alkanes) is 1. The summed E-state index contributed by atoms with van der Waals surface area (Å²) in [6, 6.07) is 3.20. The number of hydrogen-bond donors (Lipinski definition) is 1. The minimum Gasteiger partial charge on any atom is -0.500 e. The van der Waals surface area contributed by atoms with Gasteiger partial charge in [-0.15, -0.1) is 0 Å². The molecule has 0 radical (unpaired) electrons. The second kappa shape index (κ2) is 14.8. The maximum atomic E-state index is 6.19. The minimum absolute atomic E-state index is 0.101. The quantitative estimate of drug-likeness (QED) is 0.122. The van der Waals surface area contributed by atoms with E-state index in [1.54, 1.807) is 12.1 Å². The Morgan fingerprint density at radius 2 is 1.66 bits per heavy atom. The molecule has 0 saturated carbocycles. The van der Waals surface area contributed by atoms with Crippen LogP contribution in [0.25, 0.3) is 0 Å². The molecule has 1 aromatic carbocycles. The van der Waals surface area contributed by atoms with E-state index in [1.807, 2.05) is 0 Å². The highest BCUT2D eigenvalue weighted by Crippen LogP contribution is 2.37. The van der Waals surface area contributed by atoms with Crippen LogP contribution >= 0.6 is 81.2 Å². The van der Waals surface area contributed by atoms with E-state index in [1.165, 1.54) is 18.5 Å². The number of benzene rings is 1. The van der Waals surface area contributed by atoms with Crippen LogP contribution in [0.1, 0.15) is 12.8 Å². The van der Waals surface area contributed by atoms with Gasteiger partial charge >= 0.3 is 0 Å². The summed E-state index contributed by atoms with van der Waals surface area (Å²) in [5.74, 6) is 0.868. The molecular formula is C17H18Cl7NO4. The number of hydrogen-bond acceptors (Lipinski definition) is 5. The van der Waals surface area contributed by atoms with Crippen molar-refractivity contribution in [2.24, 2.45) is 0 Å². The molecule has 0 aromatic heterocycles. The maximum Gasteiger partial charge on any atom is 0.216 e. The van der Waals surface area contributed by atoms with Crippen molar-refractivity contribution in [3.63, 3.8) is 0 Å². The molecule has 0 spiro atoms. The van der Waals surface area contributed by atoms with Gasteiger partial charge in [-0.3, -0.25) is 10.3 Å². The summed E-state index contributed by atoms with van der Waals surface area (Å²) in [7, 11) is 0. The smallest absolute Gasteiger partial charge is 0.216 e. The van der Waals surface area contributed by atoms with Crippen LogP contribution in [0.4, 0.5) is 0 Å². The van der Waals surface area contributed by atoms with Gasteiger partial charge in [0.15, 0.2) is 5.75 Å². The van der Waals surface area contributed by atoms with Crippen molar-refractivity contribution in [1.82, 2.24) is 5.48 Å². The maximum absolute atomic E-state index is 6.19. The summed E-state index contributed by atoms with van der Waals surface area (Å²) in [5.41, 5.74) is 2.46. The van der Waals surface area contributed by atoms with E-state index < -0.39 is 3.79 Å². The normalized spacial score (nSPS) is 11.4. The third-order valence-electron chi connectivity index (χ3n) is 2.91. The summed E-state index contributed by atoms with van der Waals surface area (Å²) < 4.78 is 15.0. The van der Waals surface area contributed by atoms with Gasteiger partial charge in [0, 0.05) is 12.1 Å². The summed E-state index contributed by atoms with van der Waals surface area (Å²) in [6.07, 6.45) is 5.85. The molecule has 0 heterocycles. The average molecular weight is 549 g/mol. The molecule has 0 aliphatic carbocycles. The van der Waals surface area contributed by atoms with E-state index in [4.69, 9.17) is 100 Å². The van der Waals surface area contributed by atoms with Crippen molar-refractivity contribution in [2.75, 3.05) is 26.4 Å². The molecule has 0 fully saturated rings. The zero-order valence-corrected chi connectivity index (χ0v) is 20.2. The van der Waals surface area contributed by atoms with Gasteiger partial charge in [0.25, 0.3) is 0 Å². The van der Waals surface area contributed by atoms with E-state index in [-0.39, 0.29) is 17.7 Å². The summed E-state index contributed by atoms with van der Waals surface area (Å²) in [4.78, 5) is 4.87. The highest BCUT2D eigenvalue weighted by molar-refractivity contribution is 6.67. The molecule has 1 rings (SSSR count). The molecule has 5 nitrogen and oxygen atoms in total. The van der Waals surface area contributed by atoms with Crippen molar-refractivity contribution in [3.05, 3.63) is 45.2 Å². The molecule has 0 saturated heterocycles. The molecule has 1 aromatic rings. The number of halogens is 7. The fourth-order valence-electron chi connectivity index (χ4n) is 1.74. The first-order chi connectivity index (χ1) is 13.7. The lowest BCUT2D eigenvalue weighted by molar-refractivity contribution is 0.0726. The van der Waals surface area contributed by atoms with Gasteiger partial charge < -0.3 is 14.2 Å². The van der Waals surface area contributed by atoms with Crippen LogP contribution in [0.15, 0.2) is 35.2 Å². The van der Waals surface area contributed by atoms with Gasteiger partial charge in [0.05, 0.1) is 29.5 Å². The molecule has 164 valence electrons. The molecule has 12 heteroatoms. The molecule has 1 N–H and O–H groups in total. The molecule has 0 bridgehead atoms. The van der Waals surface area contributed by atoms with Gasteiger partial charge in [-0.1, -0.05) is 81.2 Å². The Morgan fingerprint density at radius 1 is 1.00 bits per heavy atom. The average Bonchev–Trinajstić information content (AvgIpc) is 2.60. The van der Waals surface area contributed by atoms with Crippen LogP contribution in [-0.2, 0) is 9.57 Å². The number of ether oxygens (including phenoxy) is 3. The lowest BCUT2D eigenvalue weighted by Crippen LogP contribution is -2.18. The Kier molecular flexibility index (Phi) is 13.8. The van der Waals surface area contributed by atoms with Gasteiger partial charge in [-0.05, 0) is 18.9 Å². The topological polar surface area (TPSA) is 49.0 Å². The van der Waals surface area contributed by atoms with Crippen LogP contribution < -0.4 is 15.0 Å². The van der Waals surface area contributed by atoms with Crippen molar-refractivity contribution in [3.8, 4) is 11.5 Å². The Labute approximate surface area is 204 Å². The fraction of sp³-hybridized carbons (Fsp3) is 0.412. The van der Waals surface area contributed by atoms with Crippen LogP contribution in [0.3, 0.4) is 0 Å². The molecule has 0 aliphatic heterocycles. The van der Waals surface area contributed by atoms with E-state index in [2.05, 4.69) is 5.48 Å². The molecule has 29 heavy (non-hydrogen) atoms. The lowest BCUT2D eigenvalue weighted by atomic mass is 10.3. The largest absolute Gasteiger partial charge is 0.500 e. The monoisotopic (exact) mass is 545 g/mol. The molecular weight excluding hydrogens is 530 g/mol. The first kappa shape index (κ1) is 26.9. The molecule has 0 amide bonds. The Morgan fingerprint density at radius 3 is 2.28 bits per heavy atom. The summed E-state index contributed by atoms with van der Waals surface area (Å²) in [6.45, 7) is 0.993. The minimum atomic E-state index is -1.48. The van der Waals surface area contributed by atoms with Gasteiger partial charge in [0.2, 0.25) is 3.79 Å². The first-order valence-corrected chi connectivity index (χ1v) is 10.8. The number of alkyl halides is 3. The lowest BCUT2D eigenvalue weighted by Gasteiger charge is -2.12. The van der Waals surface area contributed by atoms with Crippen molar-refractivity contribution >= 4 is 81.2 Å². The standard InChI is InChI=1S/C17H18Cl7NO4/c18-13-9-12(27-7-3-15(20)21)10-14(19)16(13)28-6-2-1-5-26-8-4-25-29-11-17(22,23)24/h3-4,8-10,25H,1-2,5-7,11H2. The predicted octanol–water partition coefficient (Wildman–Crippen LogP) is 7.23. The van der Waals surface area contributed by atoms with Gasteiger partial charge in [-0.2, -0.15) is 0 Å².